The van der Waals surface area contributed by atoms with E-state index in [9.17, 15) is 9.59 Å². The van der Waals surface area contributed by atoms with Crippen molar-refractivity contribution in [3.05, 3.63) is 52.0 Å². The summed E-state index contributed by atoms with van der Waals surface area (Å²) >= 11 is 7.26. The second-order valence-electron chi connectivity index (χ2n) is 7.75. The van der Waals surface area contributed by atoms with Gasteiger partial charge in [0.2, 0.25) is 0 Å². The maximum absolute atomic E-state index is 13.1. The van der Waals surface area contributed by atoms with E-state index < -0.39 is 5.91 Å². The van der Waals surface area contributed by atoms with Crippen LogP contribution in [-0.2, 0) is 4.74 Å². The van der Waals surface area contributed by atoms with Gasteiger partial charge in [0.1, 0.15) is 10.9 Å². The summed E-state index contributed by atoms with van der Waals surface area (Å²) in [5.41, 5.74) is 2.28. The molecule has 3 aromatic heterocycles. The van der Waals surface area contributed by atoms with Gasteiger partial charge in [-0.3, -0.25) is 19.9 Å². The van der Waals surface area contributed by atoms with Gasteiger partial charge in [-0.25, -0.2) is 9.97 Å². The molecular formula is C23H23ClN4O4S. The van der Waals surface area contributed by atoms with Crippen molar-refractivity contribution in [3.8, 4) is 16.9 Å². The monoisotopic (exact) mass is 486 g/mol. The highest BCUT2D eigenvalue weighted by atomic mass is 35.5. The number of methoxy groups -OCH3 is 1. The van der Waals surface area contributed by atoms with Crippen molar-refractivity contribution in [2.24, 2.45) is 5.92 Å². The number of Topliss-reactive ketones (excluding diaryl/α,β-unsaturated/α-hetero) is 1. The Morgan fingerprint density at radius 1 is 1.15 bits per heavy atom. The predicted octanol–water partition coefficient (Wildman–Crippen LogP) is 4.82. The topological polar surface area (TPSA) is 103 Å². The molecule has 33 heavy (non-hydrogen) atoms. The summed E-state index contributed by atoms with van der Waals surface area (Å²) in [6, 6.07) is 3.43. The van der Waals surface area contributed by atoms with Gasteiger partial charge in [-0.05, 0) is 37.8 Å². The van der Waals surface area contributed by atoms with Gasteiger partial charge >= 0.3 is 0 Å². The standard InChI is InChI=1S/C23H23ClN4O4S/c1-13-7-15(16-9-21(24)26-11-19(16)31-2)17(10-25-13)22(30)28-23-27-12-20(33-23)18(29)8-14-3-5-32-6-4-14/h7,9-12,14H,3-6,8H2,1-2H3,(H,27,28,30). The first-order chi connectivity index (χ1) is 15.9. The minimum atomic E-state index is -0.398. The quantitative estimate of drug-likeness (QED) is 0.377. The summed E-state index contributed by atoms with van der Waals surface area (Å²) < 4.78 is 10.8. The molecule has 10 heteroatoms. The highest BCUT2D eigenvalue weighted by molar-refractivity contribution is 7.17. The van der Waals surface area contributed by atoms with Gasteiger partial charge in [-0.1, -0.05) is 22.9 Å². The van der Waals surface area contributed by atoms with Crippen molar-refractivity contribution >= 4 is 39.8 Å². The van der Waals surface area contributed by atoms with E-state index in [4.69, 9.17) is 21.1 Å². The minimum absolute atomic E-state index is 0.0359. The third-order valence-electron chi connectivity index (χ3n) is 5.45. The molecule has 1 aliphatic heterocycles. The molecule has 0 radical (unpaired) electrons. The number of nitrogens with zero attached hydrogens (tertiary/aromatic N) is 3. The molecule has 3 aromatic rings. The average molecular weight is 487 g/mol. The maximum atomic E-state index is 13.1. The Balaban J connectivity index is 1.54. The molecule has 1 fully saturated rings. The normalized spacial score (nSPS) is 14.2. The highest BCUT2D eigenvalue weighted by Crippen LogP contribution is 2.34. The van der Waals surface area contributed by atoms with Gasteiger partial charge in [0.25, 0.3) is 5.91 Å². The molecule has 1 aliphatic rings. The van der Waals surface area contributed by atoms with Crippen LogP contribution in [0.4, 0.5) is 5.13 Å². The molecule has 0 unspecified atom stereocenters. The zero-order valence-electron chi connectivity index (χ0n) is 18.3. The zero-order chi connectivity index (χ0) is 23.4. The number of pyridine rings is 2. The van der Waals surface area contributed by atoms with Crippen molar-refractivity contribution in [2.75, 3.05) is 25.6 Å². The first kappa shape index (κ1) is 23.3. The fraction of sp³-hybridized carbons (Fsp3) is 0.348. The van der Waals surface area contributed by atoms with Crippen LogP contribution >= 0.6 is 22.9 Å². The number of ether oxygens (including phenoxy) is 2. The number of aryl methyl sites for hydroxylation is 1. The van der Waals surface area contributed by atoms with Crippen LogP contribution in [0.5, 0.6) is 5.75 Å². The number of carbonyl (C=O) groups is 2. The van der Waals surface area contributed by atoms with Gasteiger partial charge in [-0.15, -0.1) is 0 Å². The molecule has 0 bridgehead atoms. The van der Waals surface area contributed by atoms with E-state index in [1.807, 2.05) is 6.92 Å². The number of ketones is 1. The van der Waals surface area contributed by atoms with Gasteiger partial charge < -0.3 is 9.47 Å². The zero-order valence-corrected chi connectivity index (χ0v) is 19.8. The van der Waals surface area contributed by atoms with E-state index in [1.165, 1.54) is 37.0 Å². The van der Waals surface area contributed by atoms with E-state index >= 15 is 0 Å². The summed E-state index contributed by atoms with van der Waals surface area (Å²) in [5, 5.41) is 3.41. The van der Waals surface area contributed by atoms with E-state index in [2.05, 4.69) is 20.3 Å². The van der Waals surface area contributed by atoms with Crippen LogP contribution in [0.1, 0.15) is 45.0 Å². The van der Waals surface area contributed by atoms with Crippen molar-refractivity contribution in [3.63, 3.8) is 0 Å². The van der Waals surface area contributed by atoms with Gasteiger partial charge in [0, 0.05) is 42.7 Å². The third kappa shape index (κ3) is 5.55. The molecule has 1 N–H and O–H groups in total. The molecule has 0 aromatic carbocycles. The summed E-state index contributed by atoms with van der Waals surface area (Å²) in [4.78, 5) is 38.8. The van der Waals surface area contributed by atoms with Crippen LogP contribution in [0, 0.1) is 12.8 Å². The Morgan fingerprint density at radius 3 is 2.70 bits per heavy atom. The Morgan fingerprint density at radius 2 is 1.94 bits per heavy atom. The number of amides is 1. The molecule has 1 amide bonds. The summed E-state index contributed by atoms with van der Waals surface area (Å²) in [6.07, 6.45) is 6.76. The van der Waals surface area contributed by atoms with Crippen LogP contribution in [0.15, 0.2) is 30.7 Å². The van der Waals surface area contributed by atoms with Gasteiger partial charge in [-0.2, -0.15) is 0 Å². The minimum Gasteiger partial charge on any atom is -0.494 e. The summed E-state index contributed by atoms with van der Waals surface area (Å²) in [7, 11) is 1.52. The van der Waals surface area contributed by atoms with E-state index in [0.717, 1.165) is 18.5 Å². The Bertz CT molecular complexity index is 1180. The Hall–Kier alpha value is -2.88. The lowest BCUT2D eigenvalue weighted by molar-refractivity contribution is 0.0602. The number of anilines is 1. The predicted molar refractivity (Wildman–Crippen MR) is 126 cm³/mol. The molecule has 4 rings (SSSR count). The smallest absolute Gasteiger partial charge is 0.259 e. The summed E-state index contributed by atoms with van der Waals surface area (Å²) in [5.74, 6) is 0.447. The van der Waals surface area contributed by atoms with Crippen molar-refractivity contribution in [1.29, 1.82) is 0 Å². The average Bonchev–Trinajstić information content (AvgIpc) is 3.28. The maximum Gasteiger partial charge on any atom is 0.259 e. The number of hydrogen-bond donors (Lipinski definition) is 1. The number of rotatable bonds is 7. The van der Waals surface area contributed by atoms with E-state index in [-0.39, 0.29) is 10.9 Å². The molecule has 0 spiro atoms. The second kappa shape index (κ2) is 10.4. The first-order valence-electron chi connectivity index (χ1n) is 10.5. The van der Waals surface area contributed by atoms with Crippen molar-refractivity contribution in [1.82, 2.24) is 15.0 Å². The van der Waals surface area contributed by atoms with E-state index in [1.54, 1.807) is 12.1 Å². The molecule has 172 valence electrons. The largest absolute Gasteiger partial charge is 0.494 e. The molecule has 0 saturated carbocycles. The molecule has 4 heterocycles. The fourth-order valence-electron chi connectivity index (χ4n) is 3.69. The lowest BCUT2D eigenvalue weighted by atomic mass is 9.94. The number of nitrogens with one attached hydrogen (secondary N) is 1. The Labute approximate surface area is 200 Å². The second-order valence-corrected chi connectivity index (χ2v) is 9.16. The van der Waals surface area contributed by atoms with Crippen molar-refractivity contribution in [2.45, 2.75) is 26.2 Å². The first-order valence-corrected chi connectivity index (χ1v) is 11.7. The lowest BCUT2D eigenvalue weighted by Gasteiger charge is -2.20. The third-order valence-corrected chi connectivity index (χ3v) is 6.61. The van der Waals surface area contributed by atoms with Gasteiger partial charge in [0.15, 0.2) is 10.9 Å². The Kier molecular flexibility index (Phi) is 7.32. The van der Waals surface area contributed by atoms with Crippen LogP contribution < -0.4 is 10.1 Å². The molecule has 0 aliphatic carbocycles. The number of hydrogen-bond acceptors (Lipinski definition) is 8. The number of carbonyl (C=O) groups excluding carboxylic acids is 2. The van der Waals surface area contributed by atoms with Gasteiger partial charge in [0.05, 0.1) is 29.9 Å². The molecule has 1 saturated heterocycles. The molecule has 0 atom stereocenters. The highest BCUT2D eigenvalue weighted by Gasteiger charge is 2.22. The van der Waals surface area contributed by atoms with Crippen LogP contribution in [0.25, 0.3) is 11.1 Å². The number of aromatic nitrogens is 3. The van der Waals surface area contributed by atoms with Crippen LogP contribution in [0.2, 0.25) is 5.15 Å². The molecule has 8 nitrogen and oxygen atoms in total. The van der Waals surface area contributed by atoms with Crippen LogP contribution in [0.3, 0.4) is 0 Å². The lowest BCUT2D eigenvalue weighted by Crippen LogP contribution is -2.18. The number of halogens is 1. The van der Waals surface area contributed by atoms with Crippen LogP contribution in [-0.4, -0.2) is 47.0 Å². The molecular weight excluding hydrogens is 464 g/mol. The number of thiazole rings is 1. The SMILES string of the molecule is COc1cnc(Cl)cc1-c1cc(C)ncc1C(=O)Nc1ncc(C(=O)CC2CCOCC2)s1. The summed E-state index contributed by atoms with van der Waals surface area (Å²) in [6.45, 7) is 3.22. The van der Waals surface area contributed by atoms with E-state index in [0.29, 0.717) is 58.0 Å². The van der Waals surface area contributed by atoms with Crippen molar-refractivity contribution < 1.29 is 19.1 Å². The fourth-order valence-corrected chi connectivity index (χ4v) is 4.61.